The van der Waals surface area contributed by atoms with Crippen LogP contribution in [0.3, 0.4) is 0 Å². The van der Waals surface area contributed by atoms with Gasteiger partial charge in [-0.25, -0.2) is 9.59 Å². The molecule has 0 saturated carbocycles. The number of amides is 2. The zero-order chi connectivity index (χ0) is 12.8. The molecule has 1 aliphatic heterocycles. The fourth-order valence-electron chi connectivity index (χ4n) is 1.48. The van der Waals surface area contributed by atoms with E-state index in [1.165, 1.54) is 16.7 Å². The molecule has 1 rings (SSSR count). The van der Waals surface area contributed by atoms with Crippen molar-refractivity contribution in [1.82, 2.24) is 10.2 Å². The summed E-state index contributed by atoms with van der Waals surface area (Å²) in [5.74, 6) is -0.0881. The van der Waals surface area contributed by atoms with Gasteiger partial charge in [0, 0.05) is 12.4 Å². The maximum atomic E-state index is 11.8. The van der Waals surface area contributed by atoms with Crippen LogP contribution in [0.5, 0.6) is 0 Å². The molecule has 2 unspecified atom stereocenters. The van der Waals surface area contributed by atoms with Crippen LogP contribution in [-0.4, -0.2) is 58.9 Å². The zero-order valence-electron chi connectivity index (χ0n) is 10.0. The Morgan fingerprint density at radius 2 is 2.35 bits per heavy atom. The number of carboxylic acid groups (broad SMARTS) is 1. The number of carboxylic acids is 1. The lowest BCUT2D eigenvalue weighted by Gasteiger charge is -2.23. The molecule has 1 aliphatic rings. The average Bonchev–Trinajstić information content (AvgIpc) is 2.75. The number of urea groups is 1. The Labute approximate surface area is 105 Å². The lowest BCUT2D eigenvalue weighted by Crippen LogP contribution is -2.50. The Hall–Kier alpha value is -0.950. The van der Waals surface area contributed by atoms with Crippen molar-refractivity contribution < 1.29 is 19.4 Å². The molecular weight excluding hydrogens is 244 g/mol. The summed E-state index contributed by atoms with van der Waals surface area (Å²) in [5.41, 5.74) is 0. The molecule has 1 fully saturated rings. The molecule has 1 heterocycles. The van der Waals surface area contributed by atoms with Gasteiger partial charge < -0.3 is 20.1 Å². The van der Waals surface area contributed by atoms with Crippen LogP contribution in [0, 0.1) is 0 Å². The van der Waals surface area contributed by atoms with Gasteiger partial charge in [0.2, 0.25) is 0 Å². The highest BCUT2D eigenvalue weighted by molar-refractivity contribution is 7.99. The van der Waals surface area contributed by atoms with Crippen LogP contribution in [0.15, 0.2) is 0 Å². The molecule has 2 amide bonds. The van der Waals surface area contributed by atoms with Gasteiger partial charge in [0.25, 0.3) is 0 Å². The third-order valence-corrected chi connectivity index (χ3v) is 3.38. The fraction of sp³-hybridized carbons (Fsp3) is 0.800. The summed E-state index contributed by atoms with van der Waals surface area (Å²) in [4.78, 5) is 24.1. The number of nitrogens with one attached hydrogen (secondary N) is 1. The molecule has 0 aromatic heterocycles. The van der Waals surface area contributed by atoms with E-state index < -0.39 is 12.0 Å². The van der Waals surface area contributed by atoms with E-state index in [1.54, 1.807) is 0 Å². The molecule has 0 spiro atoms. The average molecular weight is 262 g/mol. The van der Waals surface area contributed by atoms with E-state index in [0.29, 0.717) is 24.8 Å². The number of carbonyl (C=O) groups excluding carboxylic acids is 1. The summed E-state index contributed by atoms with van der Waals surface area (Å²) in [6.07, 6.45) is 0. The Bertz CT molecular complexity index is 287. The number of thioether (sulfide) groups is 1. The molecule has 2 atom stereocenters. The number of carbonyl (C=O) groups is 2. The van der Waals surface area contributed by atoms with Gasteiger partial charge in [-0.05, 0) is 13.8 Å². The normalized spacial score (nSPS) is 21.3. The Morgan fingerprint density at radius 3 is 2.94 bits per heavy atom. The largest absolute Gasteiger partial charge is 0.480 e. The van der Waals surface area contributed by atoms with Gasteiger partial charge in [-0.2, -0.15) is 0 Å². The molecule has 6 nitrogen and oxygen atoms in total. The van der Waals surface area contributed by atoms with Crippen molar-refractivity contribution in [3.8, 4) is 0 Å². The monoisotopic (exact) mass is 262 g/mol. The van der Waals surface area contributed by atoms with Crippen molar-refractivity contribution in [3.05, 3.63) is 0 Å². The summed E-state index contributed by atoms with van der Waals surface area (Å²) >= 11 is 1.44. The second-order valence-corrected chi connectivity index (χ2v) is 4.83. The molecule has 17 heavy (non-hydrogen) atoms. The summed E-state index contributed by atoms with van der Waals surface area (Å²) in [6.45, 7) is 4.73. The fourth-order valence-corrected chi connectivity index (χ4v) is 2.62. The highest BCUT2D eigenvalue weighted by atomic mass is 32.2. The number of ether oxygens (including phenoxy) is 1. The predicted octanol–water partition coefficient (Wildman–Crippen LogP) is 0.580. The second-order valence-electron chi connectivity index (χ2n) is 3.83. The predicted molar refractivity (Wildman–Crippen MR) is 65.1 cm³/mol. The molecule has 1 saturated heterocycles. The van der Waals surface area contributed by atoms with Crippen molar-refractivity contribution in [2.45, 2.75) is 25.9 Å². The molecule has 98 valence electrons. The molecular formula is C10H18N2O4S. The van der Waals surface area contributed by atoms with Gasteiger partial charge in [0.05, 0.1) is 18.5 Å². The maximum absolute atomic E-state index is 11.8. The van der Waals surface area contributed by atoms with E-state index in [4.69, 9.17) is 9.84 Å². The Morgan fingerprint density at radius 1 is 1.65 bits per heavy atom. The van der Waals surface area contributed by atoms with Crippen LogP contribution in [0.25, 0.3) is 0 Å². The van der Waals surface area contributed by atoms with Gasteiger partial charge in [0.1, 0.15) is 6.04 Å². The van der Waals surface area contributed by atoms with Crippen molar-refractivity contribution in [3.63, 3.8) is 0 Å². The third kappa shape index (κ3) is 4.08. The first-order valence-corrected chi connectivity index (χ1v) is 6.67. The lowest BCUT2D eigenvalue weighted by molar-refractivity contribution is -0.140. The third-order valence-electron chi connectivity index (χ3n) is 2.37. The van der Waals surface area contributed by atoms with Gasteiger partial charge >= 0.3 is 12.0 Å². The lowest BCUT2D eigenvalue weighted by atomic mass is 10.3. The zero-order valence-corrected chi connectivity index (χ0v) is 10.8. The molecule has 2 N–H and O–H groups in total. The van der Waals surface area contributed by atoms with Crippen LogP contribution in [0.2, 0.25) is 0 Å². The number of rotatable bonds is 5. The number of nitrogens with zero attached hydrogens (tertiary/aromatic N) is 1. The highest BCUT2D eigenvalue weighted by Crippen LogP contribution is 2.20. The van der Waals surface area contributed by atoms with Crippen molar-refractivity contribution in [1.29, 1.82) is 0 Å². The smallest absolute Gasteiger partial charge is 0.327 e. The highest BCUT2D eigenvalue weighted by Gasteiger charge is 2.34. The molecule has 0 bridgehead atoms. The molecule has 0 aliphatic carbocycles. The first-order valence-electron chi connectivity index (χ1n) is 5.51. The van der Waals surface area contributed by atoms with E-state index in [-0.39, 0.29) is 12.1 Å². The molecule has 0 radical (unpaired) electrons. The van der Waals surface area contributed by atoms with Crippen LogP contribution in [0.4, 0.5) is 4.79 Å². The molecule has 0 aromatic carbocycles. The summed E-state index contributed by atoms with van der Waals surface area (Å²) in [5, 5.41) is 11.7. The van der Waals surface area contributed by atoms with E-state index in [9.17, 15) is 9.59 Å². The van der Waals surface area contributed by atoms with Gasteiger partial charge in [-0.15, -0.1) is 11.8 Å². The van der Waals surface area contributed by atoms with E-state index in [0.717, 1.165) is 0 Å². The van der Waals surface area contributed by atoms with Gasteiger partial charge in [-0.1, -0.05) is 0 Å². The van der Waals surface area contributed by atoms with Gasteiger partial charge in [0.15, 0.2) is 0 Å². The van der Waals surface area contributed by atoms with Crippen molar-refractivity contribution >= 4 is 23.8 Å². The Kier molecular flexibility index (Phi) is 5.57. The first-order chi connectivity index (χ1) is 8.06. The minimum absolute atomic E-state index is 0.123. The van der Waals surface area contributed by atoms with Crippen LogP contribution < -0.4 is 5.32 Å². The molecule has 7 heteroatoms. The summed E-state index contributed by atoms with van der Waals surface area (Å²) < 4.78 is 5.18. The van der Waals surface area contributed by atoms with Gasteiger partial charge in [-0.3, -0.25) is 0 Å². The Balaban J connectivity index is 2.43. The number of aliphatic carboxylic acids is 1. The summed E-state index contributed by atoms with van der Waals surface area (Å²) in [6, 6.07) is -1.18. The second kappa shape index (κ2) is 6.70. The summed E-state index contributed by atoms with van der Waals surface area (Å²) in [7, 11) is 0. The first kappa shape index (κ1) is 14.1. The minimum atomic E-state index is -0.956. The standard InChI is InChI=1S/C10H18N2O4S/c1-3-16-4-7(2)11-10(15)12-6-17-5-8(12)9(13)14/h7-8H,3-6H2,1-2H3,(H,11,15)(H,13,14). The van der Waals surface area contributed by atoms with Crippen LogP contribution in [-0.2, 0) is 9.53 Å². The SMILES string of the molecule is CCOCC(C)NC(=O)N1CSCC1C(=O)O. The topological polar surface area (TPSA) is 78.9 Å². The number of hydrogen-bond acceptors (Lipinski definition) is 4. The van der Waals surface area contributed by atoms with Crippen LogP contribution in [0.1, 0.15) is 13.8 Å². The van der Waals surface area contributed by atoms with Crippen molar-refractivity contribution in [2.75, 3.05) is 24.8 Å². The van der Waals surface area contributed by atoms with E-state index in [2.05, 4.69) is 5.32 Å². The minimum Gasteiger partial charge on any atom is -0.480 e. The van der Waals surface area contributed by atoms with Crippen LogP contribution >= 0.6 is 11.8 Å². The van der Waals surface area contributed by atoms with E-state index in [1.807, 2.05) is 13.8 Å². The maximum Gasteiger partial charge on any atom is 0.327 e. The quantitative estimate of drug-likeness (QED) is 0.757. The number of hydrogen-bond donors (Lipinski definition) is 2. The van der Waals surface area contributed by atoms with Crippen molar-refractivity contribution in [2.24, 2.45) is 0 Å². The van der Waals surface area contributed by atoms with E-state index >= 15 is 0 Å². The molecule has 0 aromatic rings.